The van der Waals surface area contributed by atoms with Crippen molar-refractivity contribution in [1.29, 1.82) is 5.26 Å². The molecule has 0 radical (unpaired) electrons. The molecule has 16 heavy (non-hydrogen) atoms. The van der Waals surface area contributed by atoms with Gasteiger partial charge in [0.1, 0.15) is 11.6 Å². The summed E-state index contributed by atoms with van der Waals surface area (Å²) in [4.78, 5) is 11.4. The van der Waals surface area contributed by atoms with Gasteiger partial charge in [0.25, 0.3) is 0 Å². The van der Waals surface area contributed by atoms with Crippen molar-refractivity contribution in [3.8, 4) is 6.07 Å². The van der Waals surface area contributed by atoms with Crippen LogP contribution in [0.3, 0.4) is 0 Å². The van der Waals surface area contributed by atoms with Gasteiger partial charge in [-0.2, -0.15) is 5.26 Å². The molecule has 0 N–H and O–H groups in total. The molecule has 0 amide bonds. The second-order valence-corrected chi connectivity index (χ2v) is 3.81. The highest BCUT2D eigenvalue weighted by Gasteiger charge is 2.12. The minimum Gasteiger partial charge on any atom is -0.462 e. The van der Waals surface area contributed by atoms with Crippen LogP contribution in [-0.2, 0) is 9.53 Å². The molecule has 88 valence electrons. The number of nitriles is 1. The molecule has 0 rings (SSSR count). The zero-order chi connectivity index (χ0) is 12.6. The normalized spacial score (nSPS) is 11.2. The predicted molar refractivity (Wildman–Crippen MR) is 63.6 cm³/mol. The first-order valence-electron chi connectivity index (χ1n) is 5.43. The van der Waals surface area contributed by atoms with Crippen LogP contribution in [0.15, 0.2) is 22.8 Å². The molecule has 0 spiro atoms. The number of carbonyl (C=O) groups is 1. The Morgan fingerprint density at radius 1 is 1.38 bits per heavy atom. The smallest absolute Gasteiger partial charge is 0.348 e. The minimum atomic E-state index is -0.514. The second-order valence-electron chi connectivity index (χ2n) is 3.81. The summed E-state index contributed by atoms with van der Waals surface area (Å²) >= 11 is 0. The Balaban J connectivity index is 4.57. The summed E-state index contributed by atoms with van der Waals surface area (Å²) in [7, 11) is 0. The molecule has 0 atom stereocenters. The van der Waals surface area contributed by atoms with Gasteiger partial charge >= 0.3 is 5.97 Å². The van der Waals surface area contributed by atoms with E-state index in [2.05, 4.69) is 6.08 Å². The van der Waals surface area contributed by atoms with Crippen LogP contribution in [0, 0.1) is 11.3 Å². The number of hydrogen-bond donors (Lipinski definition) is 0. The Morgan fingerprint density at radius 3 is 2.44 bits per heavy atom. The molecule has 0 aliphatic carbocycles. The fourth-order valence-corrected chi connectivity index (χ4v) is 1.22. The molecule has 0 aliphatic heterocycles. The maximum Gasteiger partial charge on any atom is 0.348 e. The summed E-state index contributed by atoms with van der Waals surface area (Å²) in [5.41, 5.74) is 2.17. The summed E-state index contributed by atoms with van der Waals surface area (Å²) in [5, 5.41) is 8.88. The molecular weight excluding hydrogens is 202 g/mol. The van der Waals surface area contributed by atoms with Gasteiger partial charge in [0.2, 0.25) is 0 Å². The van der Waals surface area contributed by atoms with Crippen molar-refractivity contribution >= 4 is 5.97 Å². The molecule has 0 bridgehead atoms. The quantitative estimate of drug-likeness (QED) is 0.310. The standard InChI is InChI=1S/C13H19NO2/c1-5-16-13(15)12(9-14)11(4)8-6-7-10(2)3/h7H,5-6,8H2,1-4H3/b12-11-. The topological polar surface area (TPSA) is 50.1 Å². The van der Waals surface area contributed by atoms with E-state index in [4.69, 9.17) is 10.00 Å². The number of hydrogen-bond acceptors (Lipinski definition) is 3. The summed E-state index contributed by atoms with van der Waals surface area (Å²) in [5.74, 6) is -0.514. The Bertz CT molecular complexity index is 341. The van der Waals surface area contributed by atoms with Crippen molar-refractivity contribution in [3.05, 3.63) is 22.8 Å². The van der Waals surface area contributed by atoms with Crippen LogP contribution < -0.4 is 0 Å². The number of allylic oxidation sites excluding steroid dienone is 3. The van der Waals surface area contributed by atoms with Crippen molar-refractivity contribution in [2.45, 2.75) is 40.5 Å². The molecule has 0 saturated heterocycles. The Morgan fingerprint density at radius 2 is 2.00 bits per heavy atom. The number of rotatable bonds is 5. The minimum absolute atomic E-state index is 0.143. The van der Waals surface area contributed by atoms with E-state index in [1.54, 1.807) is 13.8 Å². The fraction of sp³-hybridized carbons (Fsp3) is 0.538. The van der Waals surface area contributed by atoms with Crippen LogP contribution in [0.4, 0.5) is 0 Å². The van der Waals surface area contributed by atoms with Crippen LogP contribution in [0.25, 0.3) is 0 Å². The Kier molecular flexibility index (Phi) is 6.95. The molecule has 3 heteroatoms. The highest BCUT2D eigenvalue weighted by molar-refractivity contribution is 5.93. The molecule has 0 heterocycles. The average molecular weight is 221 g/mol. The van der Waals surface area contributed by atoms with Crippen LogP contribution >= 0.6 is 0 Å². The van der Waals surface area contributed by atoms with E-state index in [0.717, 1.165) is 12.0 Å². The maximum atomic E-state index is 11.4. The van der Waals surface area contributed by atoms with Crippen molar-refractivity contribution in [3.63, 3.8) is 0 Å². The van der Waals surface area contributed by atoms with E-state index >= 15 is 0 Å². The highest BCUT2D eigenvalue weighted by atomic mass is 16.5. The van der Waals surface area contributed by atoms with Crippen molar-refractivity contribution in [2.24, 2.45) is 0 Å². The summed E-state index contributed by atoms with van der Waals surface area (Å²) in [6, 6.07) is 1.91. The molecule has 0 fully saturated rings. The van der Waals surface area contributed by atoms with Gasteiger partial charge in [-0.3, -0.25) is 0 Å². The third-order valence-electron chi connectivity index (χ3n) is 2.09. The molecule has 0 saturated carbocycles. The first-order chi connectivity index (χ1) is 7.52. The monoisotopic (exact) mass is 221 g/mol. The van der Waals surface area contributed by atoms with Crippen LogP contribution in [-0.4, -0.2) is 12.6 Å². The third-order valence-corrected chi connectivity index (χ3v) is 2.09. The number of ether oxygens (including phenoxy) is 1. The number of carbonyl (C=O) groups excluding carboxylic acids is 1. The van der Waals surface area contributed by atoms with Crippen LogP contribution in [0.5, 0.6) is 0 Å². The molecule has 0 aromatic rings. The van der Waals surface area contributed by atoms with Crippen molar-refractivity contribution in [2.75, 3.05) is 6.61 Å². The summed E-state index contributed by atoms with van der Waals surface area (Å²) in [6.45, 7) is 7.87. The second kappa shape index (κ2) is 7.70. The first kappa shape index (κ1) is 14.4. The predicted octanol–water partition coefficient (Wildman–Crippen LogP) is 3.14. The van der Waals surface area contributed by atoms with Gasteiger partial charge in [-0.25, -0.2) is 4.79 Å². The highest BCUT2D eigenvalue weighted by Crippen LogP contribution is 2.13. The van der Waals surface area contributed by atoms with E-state index in [-0.39, 0.29) is 5.57 Å². The van der Waals surface area contributed by atoms with Crippen LogP contribution in [0.1, 0.15) is 40.5 Å². The lowest BCUT2D eigenvalue weighted by Gasteiger charge is -2.04. The Labute approximate surface area is 97.4 Å². The molecular formula is C13H19NO2. The van der Waals surface area contributed by atoms with Crippen molar-refractivity contribution in [1.82, 2.24) is 0 Å². The molecule has 0 aromatic carbocycles. The lowest BCUT2D eigenvalue weighted by atomic mass is 10.1. The lowest BCUT2D eigenvalue weighted by Crippen LogP contribution is -2.08. The van der Waals surface area contributed by atoms with E-state index < -0.39 is 5.97 Å². The maximum absolute atomic E-state index is 11.4. The molecule has 0 aromatic heterocycles. The van der Waals surface area contributed by atoms with Gasteiger partial charge in [0.05, 0.1) is 6.61 Å². The Hall–Kier alpha value is -1.56. The third kappa shape index (κ3) is 5.35. The summed E-state index contributed by atoms with van der Waals surface area (Å²) < 4.78 is 4.81. The van der Waals surface area contributed by atoms with Gasteiger partial charge in [-0.15, -0.1) is 0 Å². The van der Waals surface area contributed by atoms with Crippen LogP contribution in [0.2, 0.25) is 0 Å². The van der Waals surface area contributed by atoms with E-state index in [9.17, 15) is 4.79 Å². The van der Waals surface area contributed by atoms with Gasteiger partial charge in [0, 0.05) is 0 Å². The van der Waals surface area contributed by atoms with E-state index in [0.29, 0.717) is 13.0 Å². The average Bonchev–Trinajstić information content (AvgIpc) is 2.18. The fourth-order valence-electron chi connectivity index (χ4n) is 1.22. The lowest BCUT2D eigenvalue weighted by molar-refractivity contribution is -0.138. The van der Waals surface area contributed by atoms with E-state index in [1.807, 2.05) is 19.9 Å². The SMILES string of the molecule is CCOC(=O)/C(C#N)=C(/C)CCC=C(C)C. The van der Waals surface area contributed by atoms with E-state index in [1.165, 1.54) is 5.57 Å². The van der Waals surface area contributed by atoms with Crippen molar-refractivity contribution < 1.29 is 9.53 Å². The largest absolute Gasteiger partial charge is 0.462 e. The van der Waals surface area contributed by atoms with Gasteiger partial charge in [-0.05, 0) is 46.1 Å². The number of nitrogens with zero attached hydrogens (tertiary/aromatic N) is 1. The van der Waals surface area contributed by atoms with Gasteiger partial charge in [-0.1, -0.05) is 11.6 Å². The van der Waals surface area contributed by atoms with Gasteiger partial charge < -0.3 is 4.74 Å². The molecule has 0 aliphatic rings. The van der Waals surface area contributed by atoms with Gasteiger partial charge in [0.15, 0.2) is 0 Å². The number of esters is 1. The zero-order valence-electron chi connectivity index (χ0n) is 10.5. The molecule has 3 nitrogen and oxygen atoms in total. The first-order valence-corrected chi connectivity index (χ1v) is 5.43. The summed E-state index contributed by atoms with van der Waals surface area (Å²) in [6.07, 6.45) is 3.65. The molecule has 0 unspecified atom stereocenters. The zero-order valence-corrected chi connectivity index (χ0v) is 10.5.